The number of benzene rings is 2. The number of carbonyl (C=O) groups is 2. The minimum absolute atomic E-state index is 0.311. The van der Waals surface area contributed by atoms with E-state index in [4.69, 9.17) is 9.47 Å². The molecular formula is C26H29N3O13. The van der Waals surface area contributed by atoms with Crippen LogP contribution in [-0.4, -0.2) is 81.7 Å². The smallest absolute Gasteiger partial charge is 0.336 e. The Balaban J connectivity index is 1.61. The van der Waals surface area contributed by atoms with Crippen molar-refractivity contribution in [3.05, 3.63) is 79.0 Å². The average molecular weight is 592 g/mol. The summed E-state index contributed by atoms with van der Waals surface area (Å²) in [6.07, 6.45) is -3.73. The van der Waals surface area contributed by atoms with Crippen LogP contribution in [0.5, 0.6) is 23.0 Å². The van der Waals surface area contributed by atoms with Crippen molar-refractivity contribution < 1.29 is 49.7 Å². The average Bonchev–Trinajstić information content (AvgIpc) is 2.94. The normalized spacial score (nSPS) is 12.5. The van der Waals surface area contributed by atoms with Crippen molar-refractivity contribution in [2.45, 2.75) is 38.1 Å². The molecule has 0 amide bonds. The third-order valence-electron chi connectivity index (χ3n) is 5.93. The van der Waals surface area contributed by atoms with Crippen LogP contribution < -0.4 is 17.1 Å². The summed E-state index contributed by atoms with van der Waals surface area (Å²) < 4.78 is 11.5. The molecule has 0 fully saturated rings. The highest BCUT2D eigenvalue weighted by molar-refractivity contribution is 5.73. The van der Waals surface area contributed by atoms with Crippen molar-refractivity contribution in [3.63, 3.8) is 0 Å². The zero-order chi connectivity index (χ0) is 31.1. The monoisotopic (exact) mass is 591 g/mol. The molecule has 0 aliphatic carbocycles. The van der Waals surface area contributed by atoms with Crippen molar-refractivity contribution >= 4 is 11.9 Å². The maximum absolute atomic E-state index is 12.9. The number of rotatable bonds is 12. The Morgan fingerprint density at radius 1 is 0.667 bits per heavy atom. The molecule has 0 saturated heterocycles. The molecule has 0 saturated carbocycles. The van der Waals surface area contributed by atoms with E-state index < -0.39 is 79.0 Å². The van der Waals surface area contributed by atoms with Gasteiger partial charge in [-0.15, -0.1) is 0 Å². The van der Waals surface area contributed by atoms with Gasteiger partial charge in [0.25, 0.3) is 0 Å². The van der Waals surface area contributed by atoms with E-state index >= 15 is 0 Å². The van der Waals surface area contributed by atoms with Gasteiger partial charge in [0.15, 0.2) is 23.0 Å². The maximum Gasteiger partial charge on any atom is 0.336 e. The van der Waals surface area contributed by atoms with Gasteiger partial charge >= 0.3 is 29.0 Å². The first kappa shape index (κ1) is 31.4. The Hall–Kier alpha value is -5.09. The fraction of sp³-hybridized carbons (Fsp3) is 0.346. The number of carbonyl (C=O) groups excluding carboxylic acids is 2. The maximum atomic E-state index is 12.9. The minimum Gasteiger partial charge on any atom is -0.504 e. The molecule has 2 unspecified atom stereocenters. The van der Waals surface area contributed by atoms with Crippen LogP contribution in [0, 0.1) is 0 Å². The lowest BCUT2D eigenvalue weighted by atomic mass is 10.1. The lowest BCUT2D eigenvalue weighted by Gasteiger charge is -2.17. The van der Waals surface area contributed by atoms with Gasteiger partial charge in [-0.3, -0.25) is 9.59 Å². The van der Waals surface area contributed by atoms with Crippen molar-refractivity contribution in [2.24, 2.45) is 7.05 Å². The fourth-order valence-corrected chi connectivity index (χ4v) is 3.76. The number of phenolic OH excluding ortho intramolecular Hbond substituents is 4. The fourth-order valence-electron chi connectivity index (χ4n) is 3.76. The summed E-state index contributed by atoms with van der Waals surface area (Å²) in [6, 6.07) is 7.39. The van der Waals surface area contributed by atoms with E-state index in [1.807, 2.05) is 0 Å². The van der Waals surface area contributed by atoms with Crippen LogP contribution in [0.3, 0.4) is 0 Å². The van der Waals surface area contributed by atoms with E-state index in [1.165, 1.54) is 24.3 Å². The van der Waals surface area contributed by atoms with Crippen LogP contribution >= 0.6 is 0 Å². The van der Waals surface area contributed by atoms with Gasteiger partial charge in [-0.1, -0.05) is 12.1 Å². The number of hydrogen-bond donors (Lipinski definition) is 6. The molecule has 0 bridgehead atoms. The number of hydrogen-bond acceptors (Lipinski definition) is 13. The van der Waals surface area contributed by atoms with Gasteiger partial charge < -0.3 is 40.1 Å². The number of phenols is 4. The van der Waals surface area contributed by atoms with E-state index in [2.05, 4.69) is 0 Å². The molecule has 42 heavy (non-hydrogen) atoms. The number of aromatic nitrogens is 3. The number of aliphatic hydroxyl groups is 2. The summed E-state index contributed by atoms with van der Waals surface area (Å²) in [7, 11) is 1.07. The van der Waals surface area contributed by atoms with E-state index in [0.717, 1.165) is 19.2 Å². The van der Waals surface area contributed by atoms with Gasteiger partial charge in [0, 0.05) is 7.05 Å². The van der Waals surface area contributed by atoms with Gasteiger partial charge in [-0.05, 0) is 35.4 Å². The molecule has 0 spiro atoms. The third kappa shape index (κ3) is 7.98. The molecule has 2 aromatic carbocycles. The lowest BCUT2D eigenvalue weighted by Crippen LogP contribution is -2.56. The molecule has 3 rings (SSSR count). The first-order valence-electron chi connectivity index (χ1n) is 12.4. The second-order valence-corrected chi connectivity index (χ2v) is 9.30. The van der Waals surface area contributed by atoms with Gasteiger partial charge in [0.05, 0.1) is 25.9 Å². The Kier molecular flexibility index (Phi) is 10.1. The highest BCUT2D eigenvalue weighted by Gasteiger charge is 2.20. The van der Waals surface area contributed by atoms with E-state index in [1.54, 1.807) is 0 Å². The van der Waals surface area contributed by atoms with Crippen molar-refractivity contribution in [1.29, 1.82) is 0 Å². The molecule has 16 nitrogen and oxygen atoms in total. The van der Waals surface area contributed by atoms with E-state index in [9.17, 15) is 54.6 Å². The topological polar surface area (TPSA) is 240 Å². The van der Waals surface area contributed by atoms with Crippen LogP contribution in [0.15, 0.2) is 50.8 Å². The molecule has 0 radical (unpaired) electrons. The Bertz CT molecular complexity index is 1520. The summed E-state index contributed by atoms with van der Waals surface area (Å²) in [5, 5.41) is 58.3. The highest BCUT2D eigenvalue weighted by atomic mass is 16.5. The van der Waals surface area contributed by atoms with Crippen LogP contribution in [0.4, 0.5) is 0 Å². The van der Waals surface area contributed by atoms with E-state index in [0.29, 0.717) is 24.8 Å². The Labute approximate surface area is 236 Å². The van der Waals surface area contributed by atoms with Crippen LogP contribution in [-0.2, 0) is 52.0 Å². The standard InChI is InChI=1S/C26H29N3O13/c1-27-24(38)28(10-16(30)12-41-22(36)8-14-2-4-18(32)20(34)6-14)26(40)29(25(27)39)11-17(31)13-42-23(37)9-15-3-5-19(33)21(35)7-15/h2-7,16-17,30-35H,8-13H2,1H3. The van der Waals surface area contributed by atoms with Gasteiger partial charge in [0.2, 0.25) is 0 Å². The molecular weight excluding hydrogens is 562 g/mol. The number of aromatic hydroxyl groups is 4. The molecule has 1 aromatic heterocycles. The van der Waals surface area contributed by atoms with Crippen LogP contribution in [0.25, 0.3) is 0 Å². The van der Waals surface area contributed by atoms with E-state index in [-0.39, 0.29) is 24.3 Å². The predicted molar refractivity (Wildman–Crippen MR) is 141 cm³/mol. The molecule has 2 atom stereocenters. The molecule has 226 valence electrons. The molecule has 6 N–H and O–H groups in total. The number of ether oxygens (including phenoxy) is 2. The van der Waals surface area contributed by atoms with Crippen LogP contribution in [0.1, 0.15) is 11.1 Å². The lowest BCUT2D eigenvalue weighted by molar-refractivity contribution is -0.146. The predicted octanol–water partition coefficient (Wildman–Crippen LogP) is -2.18. The number of nitrogens with zero attached hydrogens (tertiary/aromatic N) is 3. The second-order valence-electron chi connectivity index (χ2n) is 9.30. The zero-order valence-corrected chi connectivity index (χ0v) is 22.2. The van der Waals surface area contributed by atoms with Crippen molar-refractivity contribution in [1.82, 2.24) is 13.7 Å². The minimum atomic E-state index is -1.55. The first-order valence-corrected chi connectivity index (χ1v) is 12.4. The number of esters is 2. The quantitative estimate of drug-likeness (QED) is 0.0971. The van der Waals surface area contributed by atoms with Gasteiger partial charge in [0.1, 0.15) is 25.4 Å². The first-order chi connectivity index (χ1) is 19.8. The summed E-state index contributed by atoms with van der Waals surface area (Å²) in [5.74, 6) is -3.27. The van der Waals surface area contributed by atoms with Gasteiger partial charge in [-0.25, -0.2) is 28.1 Å². The largest absolute Gasteiger partial charge is 0.504 e. The SMILES string of the molecule is Cn1c(=O)n(CC(O)COC(=O)Cc2ccc(O)c(O)c2)c(=O)n(CC(O)COC(=O)Cc2ccc(O)c(O)c2)c1=O. The summed E-state index contributed by atoms with van der Waals surface area (Å²) in [5.41, 5.74) is -2.72. The number of aliphatic hydroxyl groups excluding tert-OH is 2. The molecule has 1 heterocycles. The summed E-state index contributed by atoms with van der Waals surface area (Å²) in [4.78, 5) is 62.1. The molecule has 16 heteroatoms. The molecule has 3 aromatic rings. The van der Waals surface area contributed by atoms with Crippen molar-refractivity contribution in [3.8, 4) is 23.0 Å². The van der Waals surface area contributed by atoms with Gasteiger partial charge in [-0.2, -0.15) is 0 Å². The summed E-state index contributed by atoms with van der Waals surface area (Å²) in [6.45, 7) is -2.61. The molecule has 0 aliphatic rings. The second kappa shape index (κ2) is 13.5. The Morgan fingerprint density at radius 3 is 1.40 bits per heavy atom. The summed E-state index contributed by atoms with van der Waals surface area (Å²) >= 11 is 0. The zero-order valence-electron chi connectivity index (χ0n) is 22.2. The van der Waals surface area contributed by atoms with Crippen molar-refractivity contribution in [2.75, 3.05) is 13.2 Å². The molecule has 0 aliphatic heterocycles. The van der Waals surface area contributed by atoms with Crippen LogP contribution in [0.2, 0.25) is 0 Å². The Morgan fingerprint density at radius 2 is 1.05 bits per heavy atom. The highest BCUT2D eigenvalue weighted by Crippen LogP contribution is 2.26. The third-order valence-corrected chi connectivity index (χ3v) is 5.93.